The van der Waals surface area contributed by atoms with Crippen molar-refractivity contribution in [3.63, 3.8) is 0 Å². The zero-order valence-electron chi connectivity index (χ0n) is 26.5. The Balaban J connectivity index is 1.01. The average molecular weight is 659 g/mol. The Hall–Kier alpha value is -5.12. The highest BCUT2D eigenvalue weighted by atomic mass is 32.1. The molecule has 2 aromatic heterocycles. The lowest BCUT2D eigenvalue weighted by Gasteiger charge is -2.08. The second-order valence-electron chi connectivity index (χ2n) is 11.7. The molecule has 0 unspecified atom stereocenters. The van der Waals surface area contributed by atoms with Crippen LogP contribution in [0.5, 0.6) is 11.5 Å². The second-order valence-corrected chi connectivity index (χ2v) is 13.4. The fourth-order valence-electron chi connectivity index (χ4n) is 4.83. The molecule has 9 heteroatoms. The Morgan fingerprint density at radius 3 is 1.26 bits per heavy atom. The molecule has 0 aliphatic rings. The smallest absolute Gasteiger partial charge is 0.257 e. The summed E-state index contributed by atoms with van der Waals surface area (Å²) in [6.45, 7) is 8.66. The van der Waals surface area contributed by atoms with Gasteiger partial charge in [0.2, 0.25) is 0 Å². The number of benzene rings is 4. The molecule has 2 heterocycles. The van der Waals surface area contributed by atoms with Crippen molar-refractivity contribution in [2.75, 3.05) is 10.6 Å². The van der Waals surface area contributed by atoms with Gasteiger partial charge < -0.3 is 4.74 Å². The zero-order valence-corrected chi connectivity index (χ0v) is 28.1. The molecule has 0 spiro atoms. The Bertz CT molecular complexity index is 1830. The van der Waals surface area contributed by atoms with Gasteiger partial charge in [0, 0.05) is 33.0 Å². The lowest BCUT2D eigenvalue weighted by Crippen LogP contribution is -2.11. The highest BCUT2D eigenvalue weighted by Gasteiger charge is 2.13. The largest absolute Gasteiger partial charge is 0.457 e. The third-order valence-corrected chi connectivity index (χ3v) is 9.18. The van der Waals surface area contributed by atoms with E-state index >= 15 is 0 Å². The van der Waals surface area contributed by atoms with E-state index < -0.39 is 0 Å². The van der Waals surface area contributed by atoms with Gasteiger partial charge in [-0.15, -0.1) is 22.7 Å². The summed E-state index contributed by atoms with van der Waals surface area (Å²) in [5.41, 5.74) is 7.20. The molecule has 4 aromatic carbocycles. The maximum Gasteiger partial charge on any atom is 0.257 e. The summed E-state index contributed by atoms with van der Waals surface area (Å²) < 4.78 is 5.95. The molecule has 0 saturated carbocycles. The minimum Gasteiger partial charge on any atom is -0.457 e. The van der Waals surface area contributed by atoms with Crippen molar-refractivity contribution < 1.29 is 14.3 Å². The van der Waals surface area contributed by atoms with E-state index in [9.17, 15) is 9.59 Å². The van der Waals surface area contributed by atoms with Crippen LogP contribution in [0.25, 0.3) is 22.5 Å². The number of thiazole rings is 2. The number of aromatic nitrogens is 2. The predicted molar refractivity (Wildman–Crippen MR) is 192 cm³/mol. The highest BCUT2D eigenvalue weighted by molar-refractivity contribution is 7.14. The second kappa shape index (κ2) is 14.1. The lowest BCUT2D eigenvalue weighted by atomic mass is 10.0. The lowest BCUT2D eigenvalue weighted by molar-refractivity contribution is 0.101. The normalized spacial score (nSPS) is 11.1. The first-order valence-electron chi connectivity index (χ1n) is 15.3. The summed E-state index contributed by atoms with van der Waals surface area (Å²) >= 11 is 2.78. The van der Waals surface area contributed by atoms with Gasteiger partial charge in [-0.1, -0.05) is 76.2 Å². The summed E-state index contributed by atoms with van der Waals surface area (Å²) in [5, 5.41) is 10.7. The molecule has 6 aromatic rings. The first-order chi connectivity index (χ1) is 22.7. The monoisotopic (exact) mass is 658 g/mol. The third kappa shape index (κ3) is 7.82. The van der Waals surface area contributed by atoms with Crippen molar-refractivity contribution in [3.05, 3.63) is 130 Å². The molecule has 6 rings (SSSR count). The van der Waals surface area contributed by atoms with E-state index in [1.165, 1.54) is 33.8 Å². The van der Waals surface area contributed by atoms with E-state index in [-0.39, 0.29) is 11.8 Å². The van der Waals surface area contributed by atoms with Gasteiger partial charge in [0.15, 0.2) is 10.3 Å². The minimum atomic E-state index is -0.251. The standard InChI is InChI=1S/C38H34N4O3S2/c1-23(2)25-5-9-27(10-6-25)33-21-46-37(39-33)41-35(43)29-13-17-31(18-14-29)45-32-19-15-30(16-20-32)36(44)42-38-40-34(22-47-38)28-11-7-26(8-12-28)24(3)4/h5-24H,1-4H3,(H,39,41,43)(H,40,42,44). The molecule has 2 N–H and O–H groups in total. The van der Waals surface area contributed by atoms with Gasteiger partial charge in [-0.3, -0.25) is 20.2 Å². The fourth-order valence-corrected chi connectivity index (χ4v) is 6.26. The fraction of sp³-hybridized carbons (Fsp3) is 0.158. The zero-order chi connectivity index (χ0) is 32.9. The number of ether oxygens (including phenoxy) is 1. The van der Waals surface area contributed by atoms with Crippen molar-refractivity contribution in [1.82, 2.24) is 9.97 Å². The molecule has 0 aliphatic carbocycles. The van der Waals surface area contributed by atoms with Crippen molar-refractivity contribution >= 4 is 44.8 Å². The van der Waals surface area contributed by atoms with Crippen molar-refractivity contribution in [3.8, 4) is 34.0 Å². The summed E-state index contributed by atoms with van der Waals surface area (Å²) in [5.74, 6) is 1.56. The maximum atomic E-state index is 12.9. The Morgan fingerprint density at radius 1 is 0.553 bits per heavy atom. The molecule has 0 atom stereocenters. The molecular weight excluding hydrogens is 625 g/mol. The minimum absolute atomic E-state index is 0.251. The van der Waals surface area contributed by atoms with E-state index in [1.807, 2.05) is 10.8 Å². The average Bonchev–Trinajstić information content (AvgIpc) is 3.75. The van der Waals surface area contributed by atoms with Crippen LogP contribution in [-0.4, -0.2) is 21.8 Å². The molecule has 0 aliphatic heterocycles. The van der Waals surface area contributed by atoms with E-state index in [2.05, 4.69) is 96.8 Å². The van der Waals surface area contributed by atoms with Gasteiger partial charge in [-0.05, 0) is 71.5 Å². The topological polar surface area (TPSA) is 93.2 Å². The van der Waals surface area contributed by atoms with Crippen LogP contribution >= 0.6 is 22.7 Å². The van der Waals surface area contributed by atoms with Gasteiger partial charge in [-0.2, -0.15) is 0 Å². The number of nitrogens with one attached hydrogen (secondary N) is 2. The van der Waals surface area contributed by atoms with Gasteiger partial charge >= 0.3 is 0 Å². The van der Waals surface area contributed by atoms with Gasteiger partial charge in [0.25, 0.3) is 11.8 Å². The molecule has 7 nitrogen and oxygen atoms in total. The number of rotatable bonds is 10. The predicted octanol–water partition coefficient (Wildman–Crippen LogP) is 10.5. The van der Waals surface area contributed by atoms with Crippen LogP contribution in [0.3, 0.4) is 0 Å². The summed E-state index contributed by atoms with van der Waals surface area (Å²) in [4.78, 5) is 34.9. The number of hydrogen-bond donors (Lipinski definition) is 2. The number of carbonyl (C=O) groups excluding carboxylic acids is 2. The molecule has 0 saturated heterocycles. The number of carbonyl (C=O) groups is 2. The molecule has 0 fully saturated rings. The summed E-state index contributed by atoms with van der Waals surface area (Å²) in [6, 6.07) is 30.4. The number of anilines is 2. The van der Waals surface area contributed by atoms with E-state index in [1.54, 1.807) is 48.5 Å². The highest BCUT2D eigenvalue weighted by Crippen LogP contribution is 2.29. The maximum absolute atomic E-state index is 12.9. The summed E-state index contributed by atoms with van der Waals surface area (Å²) in [6.07, 6.45) is 0. The molecule has 2 amide bonds. The van der Waals surface area contributed by atoms with Gasteiger partial charge in [0.05, 0.1) is 11.4 Å². The quantitative estimate of drug-likeness (QED) is 0.153. The van der Waals surface area contributed by atoms with Crippen LogP contribution in [0.2, 0.25) is 0 Å². The van der Waals surface area contributed by atoms with Crippen LogP contribution in [0, 0.1) is 0 Å². The van der Waals surface area contributed by atoms with Crippen LogP contribution < -0.4 is 15.4 Å². The van der Waals surface area contributed by atoms with Crippen LogP contribution in [0.15, 0.2) is 108 Å². The molecule has 0 radical (unpaired) electrons. The van der Waals surface area contributed by atoms with Crippen molar-refractivity contribution in [2.45, 2.75) is 39.5 Å². The summed E-state index contributed by atoms with van der Waals surface area (Å²) in [7, 11) is 0. The van der Waals surface area contributed by atoms with Crippen LogP contribution in [0.1, 0.15) is 71.4 Å². The molecule has 47 heavy (non-hydrogen) atoms. The number of nitrogens with zero attached hydrogens (tertiary/aromatic N) is 2. The first-order valence-corrected chi connectivity index (χ1v) is 17.1. The van der Waals surface area contributed by atoms with E-state index in [0.717, 1.165) is 22.5 Å². The molecule has 236 valence electrons. The SMILES string of the molecule is CC(C)c1ccc(-c2csc(NC(=O)c3ccc(Oc4ccc(C(=O)Nc5nc(-c6ccc(C(C)C)cc6)cs5)cc4)cc3)n2)cc1. The third-order valence-electron chi connectivity index (χ3n) is 7.66. The Morgan fingerprint density at radius 2 is 0.915 bits per heavy atom. The first kappa shape index (κ1) is 31.8. The van der Waals surface area contributed by atoms with E-state index in [0.29, 0.717) is 44.7 Å². The van der Waals surface area contributed by atoms with Gasteiger partial charge in [-0.25, -0.2) is 9.97 Å². The molecule has 0 bridgehead atoms. The Kier molecular flexibility index (Phi) is 9.56. The van der Waals surface area contributed by atoms with Crippen molar-refractivity contribution in [1.29, 1.82) is 0 Å². The number of amides is 2. The van der Waals surface area contributed by atoms with Crippen LogP contribution in [-0.2, 0) is 0 Å². The van der Waals surface area contributed by atoms with Crippen molar-refractivity contribution in [2.24, 2.45) is 0 Å². The van der Waals surface area contributed by atoms with Gasteiger partial charge in [0.1, 0.15) is 11.5 Å². The van der Waals surface area contributed by atoms with Crippen LogP contribution in [0.4, 0.5) is 10.3 Å². The Labute approximate surface area is 282 Å². The molecular formula is C38H34N4O3S2. The van der Waals surface area contributed by atoms with E-state index in [4.69, 9.17) is 4.74 Å². The number of hydrogen-bond acceptors (Lipinski definition) is 7.